The van der Waals surface area contributed by atoms with Gasteiger partial charge in [-0.05, 0) is 25.5 Å². The molecule has 0 saturated carbocycles. The number of hydrogen-bond acceptors (Lipinski definition) is 4. The van der Waals surface area contributed by atoms with Crippen LogP contribution in [0.1, 0.15) is 13.3 Å². The molecule has 1 aromatic rings. The molecule has 1 heterocycles. The molecular formula is C11H14ClN3O2. The summed E-state index contributed by atoms with van der Waals surface area (Å²) in [7, 11) is 0. The Balaban J connectivity index is 2.43. The van der Waals surface area contributed by atoms with Crippen molar-refractivity contribution < 1.29 is 4.92 Å². The standard InChI is InChI=1S/C11H14ClN3O2/c1-7-9(13)4-5-14(7)11-6-8(12)2-3-10(11)15(16)17/h2-3,6-7,9H,4-5,13H2,1H3. The first-order valence-corrected chi connectivity index (χ1v) is 5.84. The molecule has 0 aliphatic carbocycles. The van der Waals surface area contributed by atoms with Gasteiger partial charge in [0.2, 0.25) is 0 Å². The smallest absolute Gasteiger partial charge is 0.292 e. The van der Waals surface area contributed by atoms with Gasteiger partial charge in [0.1, 0.15) is 5.69 Å². The average Bonchev–Trinajstić information content (AvgIpc) is 2.59. The fourth-order valence-electron chi connectivity index (χ4n) is 2.18. The Morgan fingerprint density at radius 1 is 1.59 bits per heavy atom. The number of halogens is 1. The molecule has 1 aliphatic heterocycles. The largest absolute Gasteiger partial charge is 0.362 e. The van der Waals surface area contributed by atoms with Crippen molar-refractivity contribution in [3.63, 3.8) is 0 Å². The van der Waals surface area contributed by atoms with E-state index in [0.717, 1.165) is 13.0 Å². The van der Waals surface area contributed by atoms with Crippen molar-refractivity contribution in [2.75, 3.05) is 11.4 Å². The first kappa shape index (κ1) is 12.1. The van der Waals surface area contributed by atoms with Crippen LogP contribution in [-0.2, 0) is 0 Å². The van der Waals surface area contributed by atoms with Crippen LogP contribution in [-0.4, -0.2) is 23.6 Å². The minimum Gasteiger partial charge on any atom is -0.362 e. The zero-order chi connectivity index (χ0) is 12.6. The number of hydrogen-bond donors (Lipinski definition) is 1. The summed E-state index contributed by atoms with van der Waals surface area (Å²) in [5.41, 5.74) is 6.56. The summed E-state index contributed by atoms with van der Waals surface area (Å²) < 4.78 is 0. The molecule has 2 unspecified atom stereocenters. The summed E-state index contributed by atoms with van der Waals surface area (Å²) in [6, 6.07) is 4.74. The highest BCUT2D eigenvalue weighted by Crippen LogP contribution is 2.35. The monoisotopic (exact) mass is 255 g/mol. The van der Waals surface area contributed by atoms with Crippen molar-refractivity contribution in [2.24, 2.45) is 5.73 Å². The summed E-state index contributed by atoms with van der Waals surface area (Å²) in [6.45, 7) is 2.70. The molecule has 2 atom stereocenters. The van der Waals surface area contributed by atoms with Gasteiger partial charge in [0.15, 0.2) is 0 Å². The third-order valence-corrected chi connectivity index (χ3v) is 3.49. The van der Waals surface area contributed by atoms with Crippen LogP contribution in [0.3, 0.4) is 0 Å². The van der Waals surface area contributed by atoms with Crippen molar-refractivity contribution in [2.45, 2.75) is 25.4 Å². The molecule has 2 rings (SSSR count). The Labute approximate surface area is 104 Å². The molecule has 0 radical (unpaired) electrons. The number of nitro benzene ring substituents is 1. The van der Waals surface area contributed by atoms with Gasteiger partial charge < -0.3 is 10.6 Å². The molecule has 5 nitrogen and oxygen atoms in total. The third kappa shape index (κ3) is 2.21. The van der Waals surface area contributed by atoms with E-state index < -0.39 is 0 Å². The molecule has 1 saturated heterocycles. The first-order chi connectivity index (χ1) is 8.00. The lowest BCUT2D eigenvalue weighted by Gasteiger charge is -2.25. The molecule has 0 bridgehead atoms. The van der Waals surface area contributed by atoms with E-state index >= 15 is 0 Å². The van der Waals surface area contributed by atoms with Crippen LogP contribution in [0, 0.1) is 10.1 Å². The van der Waals surface area contributed by atoms with Crippen LogP contribution < -0.4 is 10.6 Å². The number of nitro groups is 1. The third-order valence-electron chi connectivity index (χ3n) is 3.26. The zero-order valence-corrected chi connectivity index (χ0v) is 10.2. The number of anilines is 1. The highest BCUT2D eigenvalue weighted by atomic mass is 35.5. The summed E-state index contributed by atoms with van der Waals surface area (Å²) in [4.78, 5) is 12.5. The van der Waals surface area contributed by atoms with Crippen molar-refractivity contribution in [3.8, 4) is 0 Å². The molecular weight excluding hydrogens is 242 g/mol. The maximum Gasteiger partial charge on any atom is 0.292 e. The van der Waals surface area contributed by atoms with Gasteiger partial charge in [-0.15, -0.1) is 0 Å². The van der Waals surface area contributed by atoms with E-state index in [1.807, 2.05) is 11.8 Å². The molecule has 1 aromatic carbocycles. The van der Waals surface area contributed by atoms with Gasteiger partial charge >= 0.3 is 0 Å². The topological polar surface area (TPSA) is 72.4 Å². The Morgan fingerprint density at radius 2 is 2.29 bits per heavy atom. The van der Waals surface area contributed by atoms with E-state index in [1.54, 1.807) is 6.07 Å². The maximum absolute atomic E-state index is 11.0. The Kier molecular flexibility index (Phi) is 3.22. The highest BCUT2D eigenvalue weighted by molar-refractivity contribution is 6.31. The second-order valence-electron chi connectivity index (χ2n) is 4.28. The van der Waals surface area contributed by atoms with E-state index in [-0.39, 0.29) is 22.7 Å². The average molecular weight is 256 g/mol. The van der Waals surface area contributed by atoms with Gasteiger partial charge in [-0.2, -0.15) is 0 Å². The minimum absolute atomic E-state index is 0.0496. The fourth-order valence-corrected chi connectivity index (χ4v) is 2.35. The summed E-state index contributed by atoms with van der Waals surface area (Å²) in [5, 5.41) is 11.5. The van der Waals surface area contributed by atoms with Gasteiger partial charge in [0.25, 0.3) is 5.69 Å². The second-order valence-corrected chi connectivity index (χ2v) is 4.71. The predicted octanol–water partition coefficient (Wildman–Crippen LogP) is 2.17. The number of nitrogens with two attached hydrogens (primary N) is 1. The normalized spacial score (nSPS) is 24.1. The molecule has 1 fully saturated rings. The van der Waals surface area contributed by atoms with E-state index in [2.05, 4.69) is 0 Å². The maximum atomic E-state index is 11.0. The number of rotatable bonds is 2. The Morgan fingerprint density at radius 3 is 2.82 bits per heavy atom. The fraction of sp³-hybridized carbons (Fsp3) is 0.455. The van der Waals surface area contributed by atoms with Crippen molar-refractivity contribution in [3.05, 3.63) is 33.3 Å². The number of nitrogens with zero attached hydrogens (tertiary/aromatic N) is 2. The highest BCUT2D eigenvalue weighted by Gasteiger charge is 2.32. The summed E-state index contributed by atoms with van der Waals surface area (Å²) >= 11 is 5.90. The van der Waals surface area contributed by atoms with Crippen LogP contribution >= 0.6 is 11.6 Å². The predicted molar refractivity (Wildman–Crippen MR) is 67.5 cm³/mol. The number of benzene rings is 1. The van der Waals surface area contributed by atoms with E-state index in [0.29, 0.717) is 10.7 Å². The first-order valence-electron chi connectivity index (χ1n) is 5.47. The summed E-state index contributed by atoms with van der Waals surface area (Å²) in [6.07, 6.45) is 0.838. The van der Waals surface area contributed by atoms with Crippen LogP contribution in [0.4, 0.5) is 11.4 Å². The van der Waals surface area contributed by atoms with Gasteiger partial charge in [-0.3, -0.25) is 10.1 Å². The van der Waals surface area contributed by atoms with E-state index in [4.69, 9.17) is 17.3 Å². The molecule has 6 heteroatoms. The Hall–Kier alpha value is -1.33. The molecule has 0 amide bonds. The van der Waals surface area contributed by atoms with Gasteiger partial charge in [0, 0.05) is 29.7 Å². The van der Waals surface area contributed by atoms with Crippen LogP contribution in [0.5, 0.6) is 0 Å². The van der Waals surface area contributed by atoms with Crippen LogP contribution in [0.2, 0.25) is 5.02 Å². The quantitative estimate of drug-likeness (QED) is 0.649. The molecule has 92 valence electrons. The zero-order valence-electron chi connectivity index (χ0n) is 9.47. The van der Waals surface area contributed by atoms with Crippen molar-refractivity contribution >= 4 is 23.0 Å². The lowest BCUT2D eigenvalue weighted by atomic mass is 10.1. The minimum atomic E-state index is -0.387. The molecule has 0 aromatic heterocycles. The lowest BCUT2D eigenvalue weighted by Crippen LogP contribution is -2.37. The van der Waals surface area contributed by atoms with Crippen LogP contribution in [0.25, 0.3) is 0 Å². The summed E-state index contributed by atoms with van der Waals surface area (Å²) in [5.74, 6) is 0. The van der Waals surface area contributed by atoms with Crippen LogP contribution in [0.15, 0.2) is 18.2 Å². The molecule has 0 spiro atoms. The van der Waals surface area contributed by atoms with Crippen molar-refractivity contribution in [1.29, 1.82) is 0 Å². The second kappa shape index (κ2) is 4.50. The van der Waals surface area contributed by atoms with E-state index in [9.17, 15) is 10.1 Å². The SMILES string of the molecule is CC1C(N)CCN1c1cc(Cl)ccc1[N+](=O)[O-]. The van der Waals surface area contributed by atoms with Gasteiger partial charge in [-0.1, -0.05) is 11.6 Å². The van der Waals surface area contributed by atoms with E-state index in [1.165, 1.54) is 12.1 Å². The lowest BCUT2D eigenvalue weighted by molar-refractivity contribution is -0.384. The van der Waals surface area contributed by atoms with Crippen molar-refractivity contribution in [1.82, 2.24) is 0 Å². The molecule has 17 heavy (non-hydrogen) atoms. The Bertz CT molecular complexity index is 452. The molecule has 2 N–H and O–H groups in total. The van der Waals surface area contributed by atoms with Gasteiger partial charge in [-0.25, -0.2) is 0 Å². The van der Waals surface area contributed by atoms with Gasteiger partial charge in [0.05, 0.1) is 4.92 Å². The molecule has 1 aliphatic rings.